The molecule has 1 spiro atoms. The molecule has 1 saturated heterocycles. The number of allylic oxidation sites excluding steroid dienone is 1. The van der Waals surface area contributed by atoms with Gasteiger partial charge in [-0.3, -0.25) is 4.79 Å². The van der Waals surface area contributed by atoms with Crippen molar-refractivity contribution < 1.29 is 14.3 Å². The van der Waals surface area contributed by atoms with Gasteiger partial charge in [0, 0.05) is 42.1 Å². The quantitative estimate of drug-likeness (QED) is 0.299. The number of nitrogens with one attached hydrogen (secondary N) is 2. The maximum Gasteiger partial charge on any atom is 0.238 e. The number of rotatable bonds is 9. The van der Waals surface area contributed by atoms with E-state index in [1.54, 1.807) is 7.11 Å². The molecule has 1 aliphatic carbocycles. The van der Waals surface area contributed by atoms with E-state index in [9.17, 15) is 4.79 Å². The number of hydrogen-bond acceptors (Lipinski definition) is 6. The monoisotopic (exact) mass is 548 g/mol. The number of benzene rings is 3. The summed E-state index contributed by atoms with van der Waals surface area (Å²) in [7, 11) is 2.47. The lowest BCUT2D eigenvalue weighted by molar-refractivity contribution is -0.126. The van der Waals surface area contributed by atoms with Crippen molar-refractivity contribution in [3.05, 3.63) is 83.4 Å². The molecule has 7 nitrogen and oxygen atoms in total. The van der Waals surface area contributed by atoms with Crippen LogP contribution in [0.15, 0.2) is 66.7 Å². The van der Waals surface area contributed by atoms with Crippen LogP contribution in [0.3, 0.4) is 0 Å². The minimum atomic E-state index is -0.451. The minimum Gasteiger partial charge on any atom is -0.497 e. The molecule has 0 aromatic heterocycles. The number of fused-ring (bicyclic) bond motifs is 2. The second-order valence-corrected chi connectivity index (χ2v) is 11.1. The Morgan fingerprint density at radius 2 is 1.90 bits per heavy atom. The molecular formula is C33H37BN4O3. The summed E-state index contributed by atoms with van der Waals surface area (Å²) in [4.78, 5) is 18.4. The molecule has 2 heterocycles. The third-order valence-corrected chi connectivity index (χ3v) is 8.78. The Hall–Kier alpha value is -4.04. The molecule has 1 saturated carbocycles. The summed E-state index contributed by atoms with van der Waals surface area (Å²) in [6.45, 7) is 5.92. The van der Waals surface area contributed by atoms with Gasteiger partial charge in [-0.05, 0) is 72.0 Å². The van der Waals surface area contributed by atoms with Gasteiger partial charge in [-0.15, -0.1) is 0 Å². The maximum atomic E-state index is 14.1. The van der Waals surface area contributed by atoms with Gasteiger partial charge in [0.05, 0.1) is 32.3 Å². The van der Waals surface area contributed by atoms with E-state index in [0.29, 0.717) is 6.54 Å². The fourth-order valence-electron chi connectivity index (χ4n) is 6.41. The van der Waals surface area contributed by atoms with E-state index in [4.69, 9.17) is 14.9 Å². The van der Waals surface area contributed by atoms with Gasteiger partial charge in [-0.2, -0.15) is 0 Å². The van der Waals surface area contributed by atoms with Crippen LogP contribution in [0.2, 0.25) is 6.82 Å². The van der Waals surface area contributed by atoms with E-state index < -0.39 is 5.41 Å². The molecule has 0 atom stereocenters. The van der Waals surface area contributed by atoms with Crippen LogP contribution in [0.1, 0.15) is 36.0 Å². The van der Waals surface area contributed by atoms with E-state index in [-0.39, 0.29) is 5.91 Å². The molecule has 2 fully saturated rings. The highest BCUT2D eigenvalue weighted by Crippen LogP contribution is 2.53. The second kappa shape index (κ2) is 11.5. The molecule has 3 aromatic rings. The Bertz CT molecular complexity index is 1480. The Morgan fingerprint density at radius 3 is 2.56 bits per heavy atom. The molecule has 41 heavy (non-hydrogen) atoms. The number of nitrogens with zero attached hydrogens (tertiary/aromatic N) is 2. The molecule has 210 valence electrons. The van der Waals surface area contributed by atoms with E-state index in [2.05, 4.69) is 53.4 Å². The number of anilines is 3. The van der Waals surface area contributed by atoms with Crippen LogP contribution in [0, 0.1) is 5.41 Å². The fraction of sp³-hybridized carbons (Fsp3) is 0.333. The van der Waals surface area contributed by atoms with Crippen LogP contribution in [0.4, 0.5) is 17.1 Å². The largest absolute Gasteiger partial charge is 0.497 e. The standard InChI is InChI=1S/C33H37BN4O3/c1-34-29-20-24(30(11-14-35)36-25-5-3-6-26(21-25)37-15-17-41-18-16-37)19-28-31(29)38(32(39)33(28)12-4-13-33)22-23-7-9-27(40-2)10-8-23/h3,5-11,14,19-21,34-36H,4,12-13,15-18,22H2,1-2H3/b30-11-,35-14?. The lowest BCUT2D eigenvalue weighted by Crippen LogP contribution is -2.45. The molecule has 2 N–H and O–H groups in total. The maximum absolute atomic E-state index is 14.1. The Balaban J connectivity index is 1.35. The molecule has 0 radical (unpaired) electrons. The summed E-state index contributed by atoms with van der Waals surface area (Å²) in [6.07, 6.45) is 5.95. The number of amides is 1. The summed E-state index contributed by atoms with van der Waals surface area (Å²) in [6, 6.07) is 20.8. The predicted octanol–water partition coefficient (Wildman–Crippen LogP) is 4.71. The van der Waals surface area contributed by atoms with Gasteiger partial charge in [-0.25, -0.2) is 0 Å². The molecule has 3 aliphatic rings. The van der Waals surface area contributed by atoms with Crippen LogP contribution >= 0.6 is 0 Å². The molecule has 2 aliphatic heterocycles. The number of ether oxygens (including phenoxy) is 2. The van der Waals surface area contributed by atoms with Crippen LogP contribution in [-0.4, -0.2) is 52.8 Å². The lowest BCUT2D eigenvalue weighted by Gasteiger charge is -2.37. The topological polar surface area (TPSA) is 77.9 Å². The number of morpholine rings is 1. The summed E-state index contributed by atoms with van der Waals surface area (Å²) < 4.78 is 10.9. The number of carbonyl (C=O) groups excluding carboxylic acids is 1. The average molecular weight is 548 g/mol. The van der Waals surface area contributed by atoms with Gasteiger partial charge in [0.25, 0.3) is 0 Å². The first-order valence-corrected chi connectivity index (χ1v) is 14.6. The van der Waals surface area contributed by atoms with Crippen molar-refractivity contribution in [3.8, 4) is 5.75 Å². The van der Waals surface area contributed by atoms with Crippen molar-refractivity contribution in [1.29, 1.82) is 5.41 Å². The van der Waals surface area contributed by atoms with E-state index >= 15 is 0 Å². The third kappa shape index (κ3) is 5.01. The Labute approximate surface area is 242 Å². The van der Waals surface area contributed by atoms with Gasteiger partial charge in [0.1, 0.15) is 5.75 Å². The molecular weight excluding hydrogens is 511 g/mol. The number of carbonyl (C=O) groups is 1. The number of methoxy groups -OCH3 is 1. The molecule has 3 aromatic carbocycles. The Kier molecular flexibility index (Phi) is 7.58. The third-order valence-electron chi connectivity index (χ3n) is 8.78. The highest BCUT2D eigenvalue weighted by molar-refractivity contribution is 6.55. The van der Waals surface area contributed by atoms with Crippen molar-refractivity contribution in [2.45, 2.75) is 38.0 Å². The SMILES string of the molecule is CBc1cc(/C(=C/C=N)Nc2cccc(N3CCOCC3)c2)cc2c1N(Cc1ccc(OC)cc1)C(=O)C21CCC1. The van der Waals surface area contributed by atoms with Crippen LogP contribution in [0.5, 0.6) is 5.75 Å². The average Bonchev–Trinajstić information content (AvgIpc) is 3.25. The van der Waals surface area contributed by atoms with Gasteiger partial charge >= 0.3 is 0 Å². The van der Waals surface area contributed by atoms with Gasteiger partial charge in [0.15, 0.2) is 7.28 Å². The van der Waals surface area contributed by atoms with Crippen LogP contribution < -0.4 is 25.3 Å². The zero-order chi connectivity index (χ0) is 28.4. The van der Waals surface area contributed by atoms with Crippen molar-refractivity contribution in [3.63, 3.8) is 0 Å². The van der Waals surface area contributed by atoms with Crippen molar-refractivity contribution >= 4 is 47.6 Å². The normalized spacial score (nSPS) is 17.7. The van der Waals surface area contributed by atoms with E-state index in [1.165, 1.54) is 6.21 Å². The van der Waals surface area contributed by atoms with Gasteiger partial charge in [0.2, 0.25) is 5.91 Å². The molecule has 6 rings (SSSR count). The fourth-order valence-corrected chi connectivity index (χ4v) is 6.41. The zero-order valence-corrected chi connectivity index (χ0v) is 23.9. The minimum absolute atomic E-state index is 0.213. The summed E-state index contributed by atoms with van der Waals surface area (Å²) in [5, 5.41) is 11.5. The van der Waals surface area contributed by atoms with Crippen LogP contribution in [-0.2, 0) is 21.5 Å². The zero-order valence-electron chi connectivity index (χ0n) is 23.9. The second-order valence-electron chi connectivity index (χ2n) is 11.1. The van der Waals surface area contributed by atoms with Gasteiger partial charge in [-0.1, -0.05) is 43.0 Å². The number of hydrogen-bond donors (Lipinski definition) is 2. The highest BCUT2D eigenvalue weighted by Gasteiger charge is 2.55. The Morgan fingerprint density at radius 1 is 1.12 bits per heavy atom. The first kappa shape index (κ1) is 27.2. The van der Waals surface area contributed by atoms with Crippen LogP contribution in [0.25, 0.3) is 5.70 Å². The van der Waals surface area contributed by atoms with E-state index in [0.717, 1.165) is 104 Å². The first-order valence-electron chi connectivity index (χ1n) is 14.6. The molecule has 0 bridgehead atoms. The molecule has 1 amide bonds. The predicted molar refractivity (Wildman–Crippen MR) is 169 cm³/mol. The molecule has 8 heteroatoms. The van der Waals surface area contributed by atoms with E-state index in [1.807, 2.05) is 35.2 Å². The molecule has 0 unspecified atom stereocenters. The lowest BCUT2D eigenvalue weighted by atomic mass is 9.63. The van der Waals surface area contributed by atoms with Gasteiger partial charge < -0.3 is 30.0 Å². The van der Waals surface area contributed by atoms with Crippen molar-refractivity contribution in [2.75, 3.05) is 48.5 Å². The summed E-state index contributed by atoms with van der Waals surface area (Å²) in [5.74, 6) is 1.02. The highest BCUT2D eigenvalue weighted by atomic mass is 16.5. The van der Waals surface area contributed by atoms with Crippen molar-refractivity contribution in [1.82, 2.24) is 0 Å². The summed E-state index contributed by atoms with van der Waals surface area (Å²) in [5.41, 5.74) is 7.98. The summed E-state index contributed by atoms with van der Waals surface area (Å²) >= 11 is 0. The van der Waals surface area contributed by atoms with Crippen molar-refractivity contribution in [2.24, 2.45) is 0 Å². The first-order chi connectivity index (χ1) is 20.1. The smallest absolute Gasteiger partial charge is 0.238 e.